The average molecular weight is 457 g/mol. The standard InChI is InChI=1S/C20H15BrClN5O/c1-2-3-15-7-16-17(5-4-12(8-23)19(16)22)27(15)11-18-25-26-20(28-18)13-6-14(21)10-24-9-13/h4-7,9-10H,2-3,11H2,1H3. The number of aromatic nitrogens is 4. The third-order valence-electron chi connectivity index (χ3n) is 4.44. The molecule has 0 aliphatic carbocycles. The van der Waals surface area contributed by atoms with Crippen LogP contribution in [0.3, 0.4) is 0 Å². The van der Waals surface area contributed by atoms with Crippen LogP contribution in [-0.4, -0.2) is 19.7 Å². The van der Waals surface area contributed by atoms with Crippen molar-refractivity contribution in [3.05, 3.63) is 63.3 Å². The van der Waals surface area contributed by atoms with E-state index >= 15 is 0 Å². The molecule has 0 unspecified atom stereocenters. The highest BCUT2D eigenvalue weighted by Gasteiger charge is 2.16. The summed E-state index contributed by atoms with van der Waals surface area (Å²) in [5.74, 6) is 0.910. The van der Waals surface area contributed by atoms with Crippen LogP contribution in [0.25, 0.3) is 22.4 Å². The van der Waals surface area contributed by atoms with Crippen molar-refractivity contribution in [3.8, 4) is 17.5 Å². The monoisotopic (exact) mass is 455 g/mol. The van der Waals surface area contributed by atoms with Crippen LogP contribution in [0.5, 0.6) is 0 Å². The zero-order chi connectivity index (χ0) is 19.7. The van der Waals surface area contributed by atoms with Gasteiger partial charge in [0.1, 0.15) is 12.6 Å². The van der Waals surface area contributed by atoms with E-state index in [1.807, 2.05) is 18.2 Å². The van der Waals surface area contributed by atoms with Gasteiger partial charge in [-0.15, -0.1) is 10.2 Å². The Morgan fingerprint density at radius 2 is 2.11 bits per heavy atom. The van der Waals surface area contributed by atoms with Gasteiger partial charge in [-0.3, -0.25) is 4.98 Å². The molecule has 4 aromatic rings. The average Bonchev–Trinajstić information content (AvgIpc) is 3.29. The van der Waals surface area contributed by atoms with Crippen molar-refractivity contribution < 1.29 is 4.42 Å². The van der Waals surface area contributed by atoms with Crippen LogP contribution >= 0.6 is 27.5 Å². The summed E-state index contributed by atoms with van der Waals surface area (Å²) in [6.07, 6.45) is 5.24. The number of benzene rings is 1. The number of halogens is 2. The lowest BCUT2D eigenvalue weighted by Gasteiger charge is -2.08. The topological polar surface area (TPSA) is 80.5 Å². The molecule has 0 radical (unpaired) electrons. The summed E-state index contributed by atoms with van der Waals surface area (Å²) in [6.45, 7) is 2.55. The highest BCUT2D eigenvalue weighted by molar-refractivity contribution is 9.10. The highest BCUT2D eigenvalue weighted by Crippen LogP contribution is 2.31. The molecule has 0 aliphatic rings. The Morgan fingerprint density at radius 3 is 2.86 bits per heavy atom. The predicted octanol–water partition coefficient (Wildman–Crippen LogP) is 5.37. The SMILES string of the molecule is CCCc1cc2c(Cl)c(C#N)ccc2n1Cc1nnc(-c2cncc(Br)c2)o1. The number of rotatable bonds is 5. The van der Waals surface area contributed by atoms with Gasteiger partial charge in [-0.2, -0.15) is 5.26 Å². The zero-order valence-corrected chi connectivity index (χ0v) is 17.3. The van der Waals surface area contributed by atoms with Crippen molar-refractivity contribution in [2.75, 3.05) is 0 Å². The minimum absolute atomic E-state index is 0.419. The lowest BCUT2D eigenvalue weighted by molar-refractivity contribution is 0.487. The quantitative estimate of drug-likeness (QED) is 0.403. The summed E-state index contributed by atoms with van der Waals surface area (Å²) in [5.41, 5.74) is 3.27. The molecule has 0 amide bonds. The normalized spacial score (nSPS) is 11.1. The molecule has 0 N–H and O–H groups in total. The Kier molecular flexibility index (Phi) is 5.16. The molecule has 3 heterocycles. The second kappa shape index (κ2) is 7.74. The van der Waals surface area contributed by atoms with Gasteiger partial charge < -0.3 is 8.98 Å². The minimum atomic E-state index is 0.419. The van der Waals surface area contributed by atoms with Gasteiger partial charge in [-0.05, 0) is 46.6 Å². The molecule has 0 saturated heterocycles. The van der Waals surface area contributed by atoms with E-state index in [0.29, 0.717) is 28.9 Å². The van der Waals surface area contributed by atoms with Crippen molar-refractivity contribution in [2.45, 2.75) is 26.3 Å². The van der Waals surface area contributed by atoms with E-state index in [0.717, 1.165) is 39.5 Å². The molecule has 4 rings (SSSR count). The fourth-order valence-electron chi connectivity index (χ4n) is 3.19. The molecule has 3 aromatic heterocycles. The summed E-state index contributed by atoms with van der Waals surface area (Å²) in [4.78, 5) is 4.13. The van der Waals surface area contributed by atoms with Crippen LogP contribution in [-0.2, 0) is 13.0 Å². The summed E-state index contributed by atoms with van der Waals surface area (Å²) >= 11 is 9.83. The van der Waals surface area contributed by atoms with Gasteiger partial charge in [0.2, 0.25) is 11.8 Å². The van der Waals surface area contributed by atoms with Crippen LogP contribution in [0.4, 0.5) is 0 Å². The fraction of sp³-hybridized carbons (Fsp3) is 0.200. The van der Waals surface area contributed by atoms with Crippen LogP contribution in [0, 0.1) is 11.3 Å². The van der Waals surface area contributed by atoms with Crippen molar-refractivity contribution in [3.63, 3.8) is 0 Å². The fourth-order valence-corrected chi connectivity index (χ4v) is 3.81. The first-order valence-electron chi connectivity index (χ1n) is 8.74. The predicted molar refractivity (Wildman–Crippen MR) is 110 cm³/mol. The first kappa shape index (κ1) is 18.7. The van der Waals surface area contributed by atoms with Crippen LogP contribution in [0.2, 0.25) is 5.02 Å². The molecule has 0 saturated carbocycles. The number of nitriles is 1. The number of pyridine rings is 1. The van der Waals surface area contributed by atoms with Crippen molar-refractivity contribution >= 4 is 38.4 Å². The summed E-state index contributed by atoms with van der Waals surface area (Å²) in [5, 5.41) is 18.9. The molecular formula is C20H15BrClN5O. The molecule has 0 aliphatic heterocycles. The first-order chi connectivity index (χ1) is 13.6. The van der Waals surface area contributed by atoms with E-state index < -0.39 is 0 Å². The summed E-state index contributed by atoms with van der Waals surface area (Å²) in [7, 11) is 0. The van der Waals surface area contributed by atoms with E-state index in [4.69, 9.17) is 16.0 Å². The number of nitrogens with zero attached hydrogens (tertiary/aromatic N) is 5. The minimum Gasteiger partial charge on any atom is -0.419 e. The van der Waals surface area contributed by atoms with Gasteiger partial charge in [0.25, 0.3) is 0 Å². The van der Waals surface area contributed by atoms with E-state index in [2.05, 4.69) is 48.7 Å². The van der Waals surface area contributed by atoms with E-state index in [1.165, 1.54) is 0 Å². The number of aryl methyl sites for hydroxylation is 1. The smallest absolute Gasteiger partial charge is 0.249 e. The van der Waals surface area contributed by atoms with Gasteiger partial charge >= 0.3 is 0 Å². The maximum Gasteiger partial charge on any atom is 0.249 e. The Hall–Kier alpha value is -2.69. The number of hydrogen-bond acceptors (Lipinski definition) is 5. The molecule has 6 nitrogen and oxygen atoms in total. The first-order valence-corrected chi connectivity index (χ1v) is 9.91. The van der Waals surface area contributed by atoms with E-state index in [9.17, 15) is 5.26 Å². The van der Waals surface area contributed by atoms with E-state index in [1.54, 1.807) is 18.5 Å². The van der Waals surface area contributed by atoms with Gasteiger partial charge in [-0.1, -0.05) is 24.9 Å². The Labute approximate surface area is 174 Å². The van der Waals surface area contributed by atoms with Crippen LogP contribution < -0.4 is 0 Å². The van der Waals surface area contributed by atoms with Crippen LogP contribution in [0.15, 0.2) is 45.5 Å². The molecular weight excluding hydrogens is 442 g/mol. The molecule has 0 fully saturated rings. The molecule has 8 heteroatoms. The van der Waals surface area contributed by atoms with Crippen LogP contribution in [0.1, 0.15) is 30.5 Å². The molecule has 0 spiro atoms. The summed E-state index contributed by atoms with van der Waals surface area (Å²) < 4.78 is 8.82. The Balaban J connectivity index is 1.74. The lowest BCUT2D eigenvalue weighted by Crippen LogP contribution is -2.04. The number of hydrogen-bond donors (Lipinski definition) is 0. The molecule has 0 bridgehead atoms. The summed E-state index contributed by atoms with van der Waals surface area (Å²) in [6, 6.07) is 9.70. The second-order valence-corrected chi connectivity index (χ2v) is 7.63. The van der Waals surface area contributed by atoms with Gasteiger partial charge in [0, 0.05) is 27.9 Å². The van der Waals surface area contributed by atoms with Crippen molar-refractivity contribution in [2.24, 2.45) is 0 Å². The zero-order valence-electron chi connectivity index (χ0n) is 15.0. The largest absolute Gasteiger partial charge is 0.419 e. The number of fused-ring (bicyclic) bond motifs is 1. The van der Waals surface area contributed by atoms with E-state index in [-0.39, 0.29) is 0 Å². The van der Waals surface area contributed by atoms with Gasteiger partial charge in [-0.25, -0.2) is 0 Å². The van der Waals surface area contributed by atoms with Gasteiger partial charge in [0.15, 0.2) is 0 Å². The Morgan fingerprint density at radius 1 is 1.25 bits per heavy atom. The second-order valence-electron chi connectivity index (χ2n) is 6.34. The third-order valence-corrected chi connectivity index (χ3v) is 5.28. The molecule has 28 heavy (non-hydrogen) atoms. The van der Waals surface area contributed by atoms with Gasteiger partial charge in [0.05, 0.1) is 21.7 Å². The van der Waals surface area contributed by atoms with Crippen molar-refractivity contribution in [1.82, 2.24) is 19.7 Å². The maximum atomic E-state index is 9.24. The third kappa shape index (κ3) is 3.41. The molecule has 0 atom stereocenters. The Bertz CT molecular complexity index is 1210. The molecule has 140 valence electrons. The lowest BCUT2D eigenvalue weighted by atomic mass is 10.1. The maximum absolute atomic E-state index is 9.24. The molecule has 1 aromatic carbocycles. The van der Waals surface area contributed by atoms with Crippen molar-refractivity contribution in [1.29, 1.82) is 5.26 Å². The highest BCUT2D eigenvalue weighted by atomic mass is 79.9.